The second kappa shape index (κ2) is 5.64. The van der Waals surface area contributed by atoms with Gasteiger partial charge in [-0.25, -0.2) is 0 Å². The van der Waals surface area contributed by atoms with Crippen molar-refractivity contribution in [3.8, 4) is 0 Å². The third-order valence-corrected chi connectivity index (χ3v) is 4.00. The Morgan fingerprint density at radius 2 is 2.13 bits per heavy atom. The van der Waals surface area contributed by atoms with Gasteiger partial charge < -0.3 is 10.1 Å². The molecule has 2 nitrogen and oxygen atoms in total. The van der Waals surface area contributed by atoms with Crippen LogP contribution in [-0.2, 0) is 4.74 Å². The number of thiophene rings is 1. The molecule has 0 saturated carbocycles. The van der Waals surface area contributed by atoms with E-state index in [-0.39, 0.29) is 11.6 Å². The van der Waals surface area contributed by atoms with Crippen LogP contribution < -0.4 is 5.32 Å². The molecule has 0 aliphatic rings. The van der Waals surface area contributed by atoms with Crippen molar-refractivity contribution < 1.29 is 4.74 Å². The van der Waals surface area contributed by atoms with Crippen molar-refractivity contribution in [2.45, 2.75) is 38.3 Å². The molecule has 1 N–H and O–H groups in total. The minimum absolute atomic E-state index is 0.0875. The predicted molar refractivity (Wildman–Crippen MR) is 66.4 cm³/mol. The molecular weight excluding hydrogens is 206 g/mol. The zero-order valence-corrected chi connectivity index (χ0v) is 10.9. The van der Waals surface area contributed by atoms with Crippen molar-refractivity contribution in [1.29, 1.82) is 0 Å². The summed E-state index contributed by atoms with van der Waals surface area (Å²) in [7, 11) is 3.81. The second-order valence-corrected chi connectivity index (χ2v) is 4.53. The highest BCUT2D eigenvalue weighted by Gasteiger charge is 2.35. The predicted octanol–water partition coefficient (Wildman–Crippen LogP) is 3.21. The lowest BCUT2D eigenvalue weighted by molar-refractivity contribution is -0.0466. The summed E-state index contributed by atoms with van der Waals surface area (Å²) in [6, 6.07) is 2.45. The van der Waals surface area contributed by atoms with E-state index in [1.165, 1.54) is 5.56 Å². The second-order valence-electron chi connectivity index (χ2n) is 3.75. The summed E-state index contributed by atoms with van der Waals surface area (Å²) in [5.74, 6) is 0. The van der Waals surface area contributed by atoms with Crippen LogP contribution in [0.25, 0.3) is 0 Å². The Hall–Kier alpha value is -0.380. The lowest BCUT2D eigenvalue weighted by atomic mass is 9.85. The van der Waals surface area contributed by atoms with Crippen molar-refractivity contribution in [3.63, 3.8) is 0 Å². The van der Waals surface area contributed by atoms with Crippen LogP contribution in [-0.4, -0.2) is 19.8 Å². The van der Waals surface area contributed by atoms with Crippen LogP contribution in [0.4, 0.5) is 0 Å². The fourth-order valence-electron chi connectivity index (χ4n) is 2.24. The van der Waals surface area contributed by atoms with Gasteiger partial charge >= 0.3 is 0 Å². The molecule has 1 aromatic heterocycles. The Balaban J connectivity index is 2.98. The summed E-state index contributed by atoms with van der Waals surface area (Å²) in [6.45, 7) is 4.37. The summed E-state index contributed by atoms with van der Waals surface area (Å²) >= 11 is 1.74. The monoisotopic (exact) mass is 227 g/mol. The lowest BCUT2D eigenvalue weighted by Crippen LogP contribution is -2.43. The van der Waals surface area contributed by atoms with E-state index in [0.29, 0.717) is 0 Å². The third kappa shape index (κ3) is 2.41. The van der Waals surface area contributed by atoms with Gasteiger partial charge in [0.2, 0.25) is 0 Å². The van der Waals surface area contributed by atoms with Gasteiger partial charge in [0.15, 0.2) is 0 Å². The summed E-state index contributed by atoms with van der Waals surface area (Å²) in [4.78, 5) is 0. The van der Waals surface area contributed by atoms with E-state index in [4.69, 9.17) is 4.74 Å². The van der Waals surface area contributed by atoms with Crippen LogP contribution >= 0.6 is 11.3 Å². The highest BCUT2D eigenvalue weighted by molar-refractivity contribution is 7.07. The Kier molecular flexibility index (Phi) is 4.77. The van der Waals surface area contributed by atoms with Gasteiger partial charge in [0, 0.05) is 7.11 Å². The van der Waals surface area contributed by atoms with Gasteiger partial charge in [0.1, 0.15) is 0 Å². The fraction of sp³-hybridized carbons (Fsp3) is 0.667. The molecule has 0 spiro atoms. The van der Waals surface area contributed by atoms with Gasteiger partial charge in [0.05, 0.1) is 11.6 Å². The van der Waals surface area contributed by atoms with E-state index in [0.717, 1.165) is 12.8 Å². The molecule has 0 aliphatic heterocycles. The van der Waals surface area contributed by atoms with Crippen molar-refractivity contribution in [1.82, 2.24) is 5.32 Å². The Morgan fingerprint density at radius 3 is 2.47 bits per heavy atom. The molecule has 0 bridgehead atoms. The zero-order chi connectivity index (χ0) is 11.3. The highest BCUT2D eigenvalue weighted by Crippen LogP contribution is 2.35. The number of likely N-dealkylation sites (N-methyl/N-ethyl adjacent to an activating group) is 1. The fourth-order valence-corrected chi connectivity index (χ4v) is 2.92. The van der Waals surface area contributed by atoms with E-state index < -0.39 is 0 Å². The van der Waals surface area contributed by atoms with E-state index in [9.17, 15) is 0 Å². The van der Waals surface area contributed by atoms with E-state index in [2.05, 4.69) is 36.0 Å². The molecule has 1 rings (SSSR count). The average Bonchev–Trinajstić information content (AvgIpc) is 2.79. The number of ether oxygens (including phenoxy) is 1. The molecule has 1 heterocycles. The standard InChI is InChI=1S/C12H21NOS/c1-5-12(6-2,14-4)11(13-3)10-7-8-15-9-10/h7-9,11,13H,5-6H2,1-4H3. The molecule has 0 aromatic carbocycles. The van der Waals surface area contributed by atoms with Crippen LogP contribution in [0.1, 0.15) is 38.3 Å². The van der Waals surface area contributed by atoms with Crippen molar-refractivity contribution in [3.05, 3.63) is 22.4 Å². The van der Waals surface area contributed by atoms with Gasteiger partial charge in [-0.3, -0.25) is 0 Å². The maximum absolute atomic E-state index is 5.76. The first-order valence-electron chi connectivity index (χ1n) is 5.48. The average molecular weight is 227 g/mol. The number of rotatable bonds is 6. The minimum atomic E-state index is -0.0875. The van der Waals surface area contributed by atoms with E-state index >= 15 is 0 Å². The van der Waals surface area contributed by atoms with Crippen molar-refractivity contribution in [2.75, 3.05) is 14.2 Å². The molecule has 0 aliphatic carbocycles. The first-order valence-corrected chi connectivity index (χ1v) is 6.42. The molecule has 3 heteroatoms. The zero-order valence-electron chi connectivity index (χ0n) is 10.0. The number of hydrogen-bond donors (Lipinski definition) is 1. The van der Waals surface area contributed by atoms with E-state index in [1.54, 1.807) is 11.3 Å². The molecule has 1 aromatic rings. The van der Waals surface area contributed by atoms with Crippen LogP contribution in [0.5, 0.6) is 0 Å². The maximum atomic E-state index is 5.76. The Bertz CT molecular complexity index is 259. The Morgan fingerprint density at radius 1 is 1.47 bits per heavy atom. The topological polar surface area (TPSA) is 21.3 Å². The quantitative estimate of drug-likeness (QED) is 0.805. The summed E-state index contributed by atoms with van der Waals surface area (Å²) in [5, 5.41) is 7.69. The third-order valence-electron chi connectivity index (χ3n) is 3.29. The Labute approximate surface area is 96.7 Å². The molecule has 0 amide bonds. The highest BCUT2D eigenvalue weighted by atomic mass is 32.1. The SMILES string of the molecule is CCC(CC)(OC)C(NC)c1ccsc1. The van der Waals surface area contributed by atoms with E-state index in [1.807, 2.05) is 14.2 Å². The van der Waals surface area contributed by atoms with Crippen molar-refractivity contribution in [2.24, 2.45) is 0 Å². The minimum Gasteiger partial charge on any atom is -0.376 e. The van der Waals surface area contributed by atoms with Crippen LogP contribution in [0.15, 0.2) is 16.8 Å². The normalized spacial score (nSPS) is 14.1. The summed E-state index contributed by atoms with van der Waals surface area (Å²) in [6.07, 6.45) is 2.03. The van der Waals surface area contributed by atoms with Crippen LogP contribution in [0.3, 0.4) is 0 Å². The summed E-state index contributed by atoms with van der Waals surface area (Å²) < 4.78 is 5.76. The lowest BCUT2D eigenvalue weighted by Gasteiger charge is -2.38. The molecule has 0 radical (unpaired) electrons. The van der Waals surface area contributed by atoms with Gasteiger partial charge in [-0.15, -0.1) is 0 Å². The largest absolute Gasteiger partial charge is 0.376 e. The first kappa shape index (κ1) is 12.7. The molecule has 1 atom stereocenters. The number of hydrogen-bond acceptors (Lipinski definition) is 3. The molecule has 0 fully saturated rings. The smallest absolute Gasteiger partial charge is 0.0867 e. The first-order chi connectivity index (χ1) is 7.24. The summed E-state index contributed by atoms with van der Waals surface area (Å²) in [5.41, 5.74) is 1.24. The van der Waals surface area contributed by atoms with Gasteiger partial charge in [-0.05, 0) is 42.3 Å². The molecule has 0 saturated heterocycles. The van der Waals surface area contributed by atoms with Crippen LogP contribution in [0.2, 0.25) is 0 Å². The van der Waals surface area contributed by atoms with Gasteiger partial charge in [0.25, 0.3) is 0 Å². The molecule has 86 valence electrons. The maximum Gasteiger partial charge on any atom is 0.0867 e. The number of nitrogens with one attached hydrogen (secondary N) is 1. The van der Waals surface area contributed by atoms with Crippen molar-refractivity contribution >= 4 is 11.3 Å². The molecule has 15 heavy (non-hydrogen) atoms. The molecule has 1 unspecified atom stereocenters. The van der Waals surface area contributed by atoms with Gasteiger partial charge in [-0.2, -0.15) is 11.3 Å². The van der Waals surface area contributed by atoms with Crippen LogP contribution in [0, 0.1) is 0 Å². The molecular formula is C12H21NOS. The number of methoxy groups -OCH3 is 1. The van der Waals surface area contributed by atoms with Gasteiger partial charge in [-0.1, -0.05) is 13.8 Å².